The van der Waals surface area contributed by atoms with Crippen molar-refractivity contribution in [2.24, 2.45) is 0 Å². The van der Waals surface area contributed by atoms with Crippen molar-refractivity contribution < 1.29 is 19.5 Å². The summed E-state index contributed by atoms with van der Waals surface area (Å²) in [7, 11) is 0. The molecule has 4 aliphatic heterocycles. The molecule has 0 aliphatic carbocycles. The van der Waals surface area contributed by atoms with Crippen molar-refractivity contribution in [3.05, 3.63) is 34.9 Å². The number of hydrogen-bond acceptors (Lipinski definition) is 6. The number of carbonyl (C=O) groups is 3. The Kier molecular flexibility index (Phi) is 4.04. The minimum absolute atomic E-state index is 0.00800. The highest BCUT2D eigenvalue weighted by Gasteiger charge is 2.49. The molecule has 0 bridgehead atoms. The van der Waals surface area contributed by atoms with Crippen molar-refractivity contribution in [1.82, 2.24) is 20.4 Å². The minimum Gasteiger partial charge on any atom is -0.392 e. The van der Waals surface area contributed by atoms with Crippen LogP contribution in [0.3, 0.4) is 0 Å². The molecule has 4 aliphatic rings. The molecule has 148 valence electrons. The fraction of sp³-hybridized carbons (Fsp3) is 0.550. The Morgan fingerprint density at radius 3 is 2.75 bits per heavy atom. The summed E-state index contributed by atoms with van der Waals surface area (Å²) in [6.07, 6.45) is 1.08. The van der Waals surface area contributed by atoms with Gasteiger partial charge in [0.25, 0.3) is 5.91 Å². The number of β-amino-alcohol motifs (C(OH)–C–C–N with tert-alkyl or cyclic N) is 1. The normalized spacial score (nSPS) is 29.2. The van der Waals surface area contributed by atoms with Gasteiger partial charge >= 0.3 is 0 Å². The van der Waals surface area contributed by atoms with Crippen molar-refractivity contribution in [3.63, 3.8) is 0 Å². The molecule has 4 heterocycles. The number of aliphatic hydroxyl groups excluding tert-OH is 1. The maximum absolute atomic E-state index is 13.0. The number of imide groups is 1. The third-order valence-corrected chi connectivity index (χ3v) is 6.67. The first-order valence-corrected chi connectivity index (χ1v) is 9.86. The van der Waals surface area contributed by atoms with Crippen LogP contribution in [0.5, 0.6) is 0 Å². The van der Waals surface area contributed by atoms with Gasteiger partial charge in [0, 0.05) is 50.2 Å². The Bertz CT molecular complexity index is 866. The van der Waals surface area contributed by atoms with E-state index in [0.717, 1.165) is 30.6 Å². The molecular formula is C20H24N4O4. The van der Waals surface area contributed by atoms with Crippen molar-refractivity contribution in [2.45, 2.75) is 50.0 Å². The van der Waals surface area contributed by atoms with Crippen LogP contribution in [0.2, 0.25) is 0 Å². The van der Waals surface area contributed by atoms with Gasteiger partial charge in [0.05, 0.1) is 6.10 Å². The average molecular weight is 384 g/mol. The van der Waals surface area contributed by atoms with E-state index in [2.05, 4.69) is 15.5 Å². The highest BCUT2D eigenvalue weighted by atomic mass is 16.3. The molecule has 8 heteroatoms. The lowest BCUT2D eigenvalue weighted by atomic mass is 9.88. The van der Waals surface area contributed by atoms with Crippen LogP contribution in [-0.2, 0) is 22.7 Å². The molecule has 0 saturated carbocycles. The molecule has 8 nitrogen and oxygen atoms in total. The van der Waals surface area contributed by atoms with Crippen LogP contribution in [0.4, 0.5) is 0 Å². The van der Waals surface area contributed by atoms with Gasteiger partial charge < -0.3 is 15.3 Å². The van der Waals surface area contributed by atoms with E-state index < -0.39 is 6.04 Å². The molecule has 3 amide bonds. The van der Waals surface area contributed by atoms with Gasteiger partial charge in [-0.2, -0.15) is 0 Å². The van der Waals surface area contributed by atoms with Gasteiger partial charge in [-0.1, -0.05) is 12.1 Å². The van der Waals surface area contributed by atoms with Crippen molar-refractivity contribution in [3.8, 4) is 0 Å². The fourth-order valence-corrected chi connectivity index (χ4v) is 5.10. The van der Waals surface area contributed by atoms with Crippen molar-refractivity contribution in [2.75, 3.05) is 19.6 Å². The summed E-state index contributed by atoms with van der Waals surface area (Å²) in [5.41, 5.74) is 2.68. The van der Waals surface area contributed by atoms with Gasteiger partial charge in [-0.15, -0.1) is 0 Å². The van der Waals surface area contributed by atoms with E-state index in [1.807, 2.05) is 18.2 Å². The monoisotopic (exact) mass is 384 g/mol. The predicted octanol–water partition coefficient (Wildman–Crippen LogP) is -0.644. The van der Waals surface area contributed by atoms with E-state index in [9.17, 15) is 19.5 Å². The molecule has 3 fully saturated rings. The number of benzene rings is 1. The van der Waals surface area contributed by atoms with Gasteiger partial charge in [-0.05, 0) is 30.0 Å². The summed E-state index contributed by atoms with van der Waals surface area (Å²) in [5, 5.41) is 15.8. The third kappa shape index (κ3) is 2.67. The number of likely N-dealkylation sites (tertiary alicyclic amines) is 1. The number of piperidine rings is 1. The van der Waals surface area contributed by atoms with E-state index in [0.29, 0.717) is 31.6 Å². The SMILES string of the molecule is O=C1CCC(N2Cc3c(CN4CC(O)CC45CNC5)cccc3C2=O)C(=O)N1. The zero-order valence-corrected chi connectivity index (χ0v) is 15.6. The summed E-state index contributed by atoms with van der Waals surface area (Å²) >= 11 is 0. The molecule has 0 aromatic heterocycles. The van der Waals surface area contributed by atoms with Gasteiger partial charge in [0.1, 0.15) is 6.04 Å². The second-order valence-corrected chi connectivity index (χ2v) is 8.41. The summed E-state index contributed by atoms with van der Waals surface area (Å²) in [6.45, 7) is 3.45. The zero-order chi connectivity index (χ0) is 19.5. The molecule has 3 saturated heterocycles. The largest absolute Gasteiger partial charge is 0.392 e. The Hall–Kier alpha value is -2.29. The molecule has 3 N–H and O–H groups in total. The van der Waals surface area contributed by atoms with Crippen molar-refractivity contribution >= 4 is 17.7 Å². The molecule has 5 rings (SSSR count). The highest BCUT2D eigenvalue weighted by Crippen LogP contribution is 2.36. The van der Waals surface area contributed by atoms with Crippen molar-refractivity contribution in [1.29, 1.82) is 0 Å². The Morgan fingerprint density at radius 2 is 2.04 bits per heavy atom. The Morgan fingerprint density at radius 1 is 1.21 bits per heavy atom. The van der Waals surface area contributed by atoms with Crippen LogP contribution in [0, 0.1) is 0 Å². The first-order valence-electron chi connectivity index (χ1n) is 9.86. The molecule has 2 atom stereocenters. The maximum Gasteiger partial charge on any atom is 0.255 e. The first-order chi connectivity index (χ1) is 13.5. The third-order valence-electron chi connectivity index (χ3n) is 6.67. The topological polar surface area (TPSA) is 102 Å². The predicted molar refractivity (Wildman–Crippen MR) is 99.1 cm³/mol. The second-order valence-electron chi connectivity index (χ2n) is 8.41. The van der Waals surface area contributed by atoms with Gasteiger partial charge in [-0.25, -0.2) is 0 Å². The van der Waals surface area contributed by atoms with Gasteiger partial charge in [0.15, 0.2) is 0 Å². The fourth-order valence-electron chi connectivity index (χ4n) is 5.10. The van der Waals surface area contributed by atoms with Crippen LogP contribution in [-0.4, -0.2) is 69.9 Å². The average Bonchev–Trinajstić information content (AvgIpc) is 3.13. The van der Waals surface area contributed by atoms with Crippen LogP contribution < -0.4 is 10.6 Å². The van der Waals surface area contributed by atoms with E-state index >= 15 is 0 Å². The molecule has 2 unspecified atom stereocenters. The van der Waals surface area contributed by atoms with E-state index in [1.165, 1.54) is 0 Å². The summed E-state index contributed by atoms with van der Waals surface area (Å²) in [4.78, 5) is 40.6. The summed E-state index contributed by atoms with van der Waals surface area (Å²) in [6, 6.07) is 5.14. The van der Waals surface area contributed by atoms with Crippen LogP contribution >= 0.6 is 0 Å². The number of hydrogen-bond donors (Lipinski definition) is 3. The number of aliphatic hydroxyl groups is 1. The summed E-state index contributed by atoms with van der Waals surface area (Å²) in [5.74, 6) is -0.813. The summed E-state index contributed by atoms with van der Waals surface area (Å²) < 4.78 is 0. The lowest BCUT2D eigenvalue weighted by molar-refractivity contribution is -0.136. The van der Waals surface area contributed by atoms with E-state index in [1.54, 1.807) is 4.90 Å². The smallest absolute Gasteiger partial charge is 0.255 e. The molecule has 0 radical (unpaired) electrons. The Labute approximate surface area is 162 Å². The second kappa shape index (κ2) is 6.37. The highest BCUT2D eigenvalue weighted by molar-refractivity contribution is 6.05. The molecule has 1 aromatic carbocycles. The Balaban J connectivity index is 1.39. The lowest BCUT2D eigenvalue weighted by Crippen LogP contribution is -2.65. The number of fused-ring (bicyclic) bond motifs is 1. The first kappa shape index (κ1) is 17.8. The number of nitrogens with one attached hydrogen (secondary N) is 2. The zero-order valence-electron chi connectivity index (χ0n) is 15.6. The molecular weight excluding hydrogens is 360 g/mol. The van der Waals surface area contributed by atoms with Crippen LogP contribution in [0.15, 0.2) is 18.2 Å². The number of carbonyl (C=O) groups excluding carboxylic acids is 3. The van der Waals surface area contributed by atoms with Crippen LogP contribution in [0.25, 0.3) is 0 Å². The standard InChI is InChI=1S/C20H24N4O4/c25-13-6-20(10-21-11-20)23(8-13)7-12-2-1-3-14-15(12)9-24(19(14)28)16-4-5-17(26)22-18(16)27/h1-3,13,16,21,25H,4-11H2,(H,22,26,27). The van der Waals surface area contributed by atoms with Gasteiger partial charge in [-0.3, -0.25) is 24.6 Å². The van der Waals surface area contributed by atoms with E-state index in [4.69, 9.17) is 0 Å². The molecule has 1 aromatic rings. The van der Waals surface area contributed by atoms with Crippen LogP contribution in [0.1, 0.15) is 40.7 Å². The minimum atomic E-state index is -0.596. The number of rotatable bonds is 3. The molecule has 1 spiro atoms. The number of nitrogens with zero attached hydrogens (tertiary/aromatic N) is 2. The molecule has 28 heavy (non-hydrogen) atoms. The number of amides is 3. The lowest BCUT2D eigenvalue weighted by Gasteiger charge is -2.46. The maximum atomic E-state index is 13.0. The quantitative estimate of drug-likeness (QED) is 0.599. The van der Waals surface area contributed by atoms with E-state index in [-0.39, 0.29) is 35.8 Å². The van der Waals surface area contributed by atoms with Gasteiger partial charge in [0.2, 0.25) is 11.8 Å².